The number of rotatable bonds is 4. The Hall–Kier alpha value is -0.900. The zero-order valence-electron chi connectivity index (χ0n) is 17.9. The first-order valence-electron chi connectivity index (χ1n) is 11.6. The standard InChI is InChI=1S/C24H38O4/c1-23-12-10-19-22(18(23)8-7-15(23)5-4-6-21(27)28-3)20(26)14-16-13-17(25)9-11-24(16,19)2/h15-19,22,25H,4-14H2,1-3H3/t15-,16-,17+,18?,19?,22-,23+,24-/m0/s1. The molecule has 0 spiro atoms. The highest BCUT2D eigenvalue weighted by molar-refractivity contribution is 5.83. The minimum absolute atomic E-state index is 0.107. The predicted octanol–water partition coefficient (Wildman–Crippen LogP) is 4.53. The molecule has 0 aliphatic heterocycles. The number of Topliss-reactive ketones (excluding diaryl/α,β-unsaturated/α-hetero) is 1. The maximum Gasteiger partial charge on any atom is 0.305 e. The molecule has 4 aliphatic carbocycles. The van der Waals surface area contributed by atoms with Gasteiger partial charge in [0, 0.05) is 18.8 Å². The molecule has 2 unspecified atom stereocenters. The molecule has 28 heavy (non-hydrogen) atoms. The first-order valence-corrected chi connectivity index (χ1v) is 11.6. The molecule has 4 heteroatoms. The molecule has 0 heterocycles. The van der Waals surface area contributed by atoms with Crippen LogP contribution in [-0.4, -0.2) is 30.1 Å². The van der Waals surface area contributed by atoms with E-state index in [2.05, 4.69) is 13.8 Å². The number of carbonyl (C=O) groups excluding carboxylic acids is 2. The van der Waals surface area contributed by atoms with Crippen molar-refractivity contribution in [3.05, 3.63) is 0 Å². The van der Waals surface area contributed by atoms with Crippen molar-refractivity contribution in [3.8, 4) is 0 Å². The van der Waals surface area contributed by atoms with Crippen LogP contribution in [0.4, 0.5) is 0 Å². The molecule has 4 rings (SSSR count). The summed E-state index contributed by atoms with van der Waals surface area (Å²) < 4.78 is 4.80. The van der Waals surface area contributed by atoms with E-state index in [4.69, 9.17) is 4.74 Å². The number of hydrogen-bond donors (Lipinski definition) is 1. The Kier molecular flexibility index (Phi) is 5.39. The van der Waals surface area contributed by atoms with Crippen molar-refractivity contribution in [2.75, 3.05) is 7.11 Å². The fraction of sp³-hybridized carbons (Fsp3) is 0.917. The van der Waals surface area contributed by atoms with Gasteiger partial charge in [-0.25, -0.2) is 0 Å². The van der Waals surface area contributed by atoms with Crippen LogP contribution in [0.15, 0.2) is 0 Å². The molecular weight excluding hydrogens is 352 g/mol. The summed E-state index contributed by atoms with van der Waals surface area (Å²) in [6.07, 6.45) is 10.6. The number of ketones is 1. The molecule has 0 saturated heterocycles. The molecular formula is C24H38O4. The Labute approximate surface area is 169 Å². The van der Waals surface area contributed by atoms with E-state index in [9.17, 15) is 14.7 Å². The van der Waals surface area contributed by atoms with Gasteiger partial charge in [-0.15, -0.1) is 0 Å². The van der Waals surface area contributed by atoms with Gasteiger partial charge >= 0.3 is 5.97 Å². The summed E-state index contributed by atoms with van der Waals surface area (Å²) in [5, 5.41) is 10.2. The smallest absolute Gasteiger partial charge is 0.305 e. The van der Waals surface area contributed by atoms with Crippen molar-refractivity contribution < 1.29 is 19.4 Å². The summed E-state index contributed by atoms with van der Waals surface area (Å²) in [5.41, 5.74) is 0.492. The quantitative estimate of drug-likeness (QED) is 0.717. The Balaban J connectivity index is 1.50. The van der Waals surface area contributed by atoms with Crippen molar-refractivity contribution >= 4 is 11.8 Å². The van der Waals surface area contributed by atoms with Crippen molar-refractivity contribution in [2.45, 2.75) is 90.6 Å². The van der Waals surface area contributed by atoms with Gasteiger partial charge in [0.1, 0.15) is 5.78 Å². The highest BCUT2D eigenvalue weighted by Crippen LogP contribution is 2.67. The van der Waals surface area contributed by atoms with Gasteiger partial charge in [-0.1, -0.05) is 13.8 Å². The summed E-state index contributed by atoms with van der Waals surface area (Å²) in [6, 6.07) is 0. The zero-order chi connectivity index (χ0) is 20.1. The van der Waals surface area contributed by atoms with E-state index in [1.54, 1.807) is 0 Å². The predicted molar refractivity (Wildman–Crippen MR) is 107 cm³/mol. The summed E-state index contributed by atoms with van der Waals surface area (Å²) in [5.74, 6) is 2.67. The number of methoxy groups -OCH3 is 1. The third-order valence-electron chi connectivity index (χ3n) is 9.80. The average molecular weight is 391 g/mol. The van der Waals surface area contributed by atoms with Crippen LogP contribution < -0.4 is 0 Å². The number of carbonyl (C=O) groups is 2. The number of aliphatic hydroxyl groups is 1. The molecule has 4 nitrogen and oxygen atoms in total. The summed E-state index contributed by atoms with van der Waals surface area (Å²) in [4.78, 5) is 24.8. The van der Waals surface area contributed by atoms with Crippen LogP contribution in [0.3, 0.4) is 0 Å². The molecule has 0 aromatic carbocycles. The Morgan fingerprint density at radius 3 is 2.57 bits per heavy atom. The lowest BCUT2D eigenvalue weighted by molar-refractivity contribution is -0.160. The molecule has 1 N–H and O–H groups in total. The van der Waals surface area contributed by atoms with E-state index in [-0.39, 0.29) is 28.8 Å². The number of aliphatic hydroxyl groups excluding tert-OH is 1. The second-order valence-electron chi connectivity index (χ2n) is 10.8. The highest BCUT2D eigenvalue weighted by atomic mass is 16.5. The van der Waals surface area contributed by atoms with E-state index in [1.807, 2.05) is 0 Å². The van der Waals surface area contributed by atoms with Crippen LogP contribution in [-0.2, 0) is 14.3 Å². The van der Waals surface area contributed by atoms with Crippen molar-refractivity contribution in [1.82, 2.24) is 0 Å². The summed E-state index contributed by atoms with van der Waals surface area (Å²) in [6.45, 7) is 4.87. The first-order chi connectivity index (χ1) is 13.3. The van der Waals surface area contributed by atoms with E-state index in [1.165, 1.54) is 32.8 Å². The molecule has 4 aliphatic rings. The van der Waals surface area contributed by atoms with E-state index >= 15 is 0 Å². The number of ether oxygens (including phenoxy) is 1. The average Bonchev–Trinajstić information content (AvgIpc) is 2.99. The highest BCUT2D eigenvalue weighted by Gasteiger charge is 2.62. The van der Waals surface area contributed by atoms with Crippen molar-refractivity contribution in [1.29, 1.82) is 0 Å². The number of fused-ring (bicyclic) bond motifs is 5. The summed E-state index contributed by atoms with van der Waals surface area (Å²) in [7, 11) is 1.46. The Morgan fingerprint density at radius 2 is 1.82 bits per heavy atom. The van der Waals surface area contributed by atoms with Crippen LogP contribution in [0.25, 0.3) is 0 Å². The van der Waals surface area contributed by atoms with Crippen LogP contribution >= 0.6 is 0 Å². The number of hydrogen-bond acceptors (Lipinski definition) is 4. The molecule has 0 aromatic heterocycles. The minimum atomic E-state index is -0.207. The molecule has 4 fully saturated rings. The first kappa shape index (κ1) is 20.4. The molecule has 0 bridgehead atoms. The summed E-state index contributed by atoms with van der Waals surface area (Å²) >= 11 is 0. The molecule has 0 amide bonds. The molecule has 0 aromatic rings. The lowest BCUT2D eigenvalue weighted by atomic mass is 9.44. The van der Waals surface area contributed by atoms with E-state index < -0.39 is 0 Å². The Bertz CT molecular complexity index is 630. The minimum Gasteiger partial charge on any atom is -0.469 e. The topological polar surface area (TPSA) is 63.6 Å². The van der Waals surface area contributed by atoms with Gasteiger partial charge in [0.25, 0.3) is 0 Å². The van der Waals surface area contributed by atoms with Crippen LogP contribution in [0.2, 0.25) is 0 Å². The van der Waals surface area contributed by atoms with Gasteiger partial charge in [-0.2, -0.15) is 0 Å². The van der Waals surface area contributed by atoms with Crippen LogP contribution in [0.5, 0.6) is 0 Å². The van der Waals surface area contributed by atoms with E-state index in [0.29, 0.717) is 42.3 Å². The SMILES string of the molecule is COC(=O)CCC[C@H]1CCC2[C@@H]3C(=O)C[C@@H]4C[C@H](O)CC[C@]4(C)C3CC[C@@]21C. The maximum atomic E-state index is 13.3. The number of esters is 1. The van der Waals surface area contributed by atoms with Gasteiger partial charge in [0.2, 0.25) is 0 Å². The van der Waals surface area contributed by atoms with Crippen LogP contribution in [0, 0.1) is 40.4 Å². The third kappa shape index (κ3) is 3.14. The lowest BCUT2D eigenvalue weighted by Crippen LogP contribution is -2.57. The monoisotopic (exact) mass is 390 g/mol. The van der Waals surface area contributed by atoms with Gasteiger partial charge in [0.05, 0.1) is 13.2 Å². The van der Waals surface area contributed by atoms with Crippen molar-refractivity contribution in [3.63, 3.8) is 0 Å². The molecule has 0 radical (unpaired) electrons. The Morgan fingerprint density at radius 1 is 1.11 bits per heavy atom. The molecule has 4 saturated carbocycles. The van der Waals surface area contributed by atoms with Gasteiger partial charge in [-0.05, 0) is 92.3 Å². The second-order valence-corrected chi connectivity index (χ2v) is 10.8. The van der Waals surface area contributed by atoms with Crippen LogP contribution in [0.1, 0.15) is 84.5 Å². The van der Waals surface area contributed by atoms with Gasteiger partial charge < -0.3 is 9.84 Å². The molecule has 8 atom stereocenters. The maximum absolute atomic E-state index is 13.3. The second kappa shape index (κ2) is 7.41. The third-order valence-corrected chi connectivity index (χ3v) is 9.80. The lowest BCUT2D eigenvalue weighted by Gasteiger charge is -2.60. The van der Waals surface area contributed by atoms with Crippen molar-refractivity contribution in [2.24, 2.45) is 40.4 Å². The normalized spacial score (nSPS) is 47.8. The molecule has 158 valence electrons. The van der Waals surface area contributed by atoms with E-state index in [0.717, 1.165) is 32.1 Å². The van der Waals surface area contributed by atoms with Gasteiger partial charge in [-0.3, -0.25) is 9.59 Å². The van der Waals surface area contributed by atoms with Gasteiger partial charge in [0.15, 0.2) is 0 Å². The largest absolute Gasteiger partial charge is 0.469 e. The fourth-order valence-electron chi connectivity index (χ4n) is 8.09. The zero-order valence-corrected chi connectivity index (χ0v) is 17.9. The fourth-order valence-corrected chi connectivity index (χ4v) is 8.09.